The lowest BCUT2D eigenvalue weighted by Gasteiger charge is -2.35. The second kappa shape index (κ2) is 9.39. The molecule has 1 aromatic heterocycles. The Kier molecular flexibility index (Phi) is 6.92. The maximum Gasteiger partial charge on any atom is 0.263 e. The fourth-order valence-electron chi connectivity index (χ4n) is 3.50. The Labute approximate surface area is 172 Å². The van der Waals surface area contributed by atoms with Crippen molar-refractivity contribution >= 4 is 17.5 Å². The van der Waals surface area contributed by atoms with E-state index in [-0.39, 0.29) is 5.91 Å². The molecule has 150 valence electrons. The molecule has 0 bridgehead atoms. The molecule has 1 fully saturated rings. The molecule has 1 aliphatic rings. The van der Waals surface area contributed by atoms with Crippen LogP contribution in [0.2, 0.25) is 5.02 Å². The summed E-state index contributed by atoms with van der Waals surface area (Å²) in [5, 5.41) is 0.744. The molecule has 0 N–H and O–H groups in total. The highest BCUT2D eigenvalue weighted by atomic mass is 35.5. The largest absolute Gasteiger partial charge is 0.481 e. The topological polar surface area (TPSA) is 45.7 Å². The molecule has 3 rings (SSSR count). The smallest absolute Gasteiger partial charge is 0.263 e. The Hall–Kier alpha value is -2.11. The quantitative estimate of drug-likeness (QED) is 0.743. The van der Waals surface area contributed by atoms with Crippen molar-refractivity contribution in [3.63, 3.8) is 0 Å². The first-order valence-corrected chi connectivity index (χ1v) is 10.2. The molecule has 1 saturated heterocycles. The van der Waals surface area contributed by atoms with Gasteiger partial charge in [-0.15, -0.1) is 0 Å². The van der Waals surface area contributed by atoms with Crippen molar-refractivity contribution in [2.45, 2.75) is 33.3 Å². The van der Waals surface area contributed by atoms with E-state index in [1.165, 1.54) is 0 Å². The monoisotopic (exact) mass is 401 g/mol. The number of pyridine rings is 1. The maximum atomic E-state index is 12.8. The lowest BCUT2D eigenvalue weighted by molar-refractivity contribution is -0.139. The summed E-state index contributed by atoms with van der Waals surface area (Å²) in [6, 6.07) is 9.77. The molecule has 5 nitrogen and oxygen atoms in total. The van der Waals surface area contributed by atoms with Crippen LogP contribution in [0.1, 0.15) is 23.7 Å². The molecule has 1 aliphatic heterocycles. The highest BCUT2D eigenvalue weighted by Gasteiger charge is 2.26. The van der Waals surface area contributed by atoms with Gasteiger partial charge in [-0.05, 0) is 56.2 Å². The number of carbonyl (C=O) groups is 1. The predicted octanol–water partition coefficient (Wildman–Crippen LogP) is 3.51. The third-order valence-electron chi connectivity index (χ3n) is 5.16. The van der Waals surface area contributed by atoms with Gasteiger partial charge in [0.1, 0.15) is 5.75 Å². The van der Waals surface area contributed by atoms with Crippen LogP contribution in [-0.4, -0.2) is 59.5 Å². The van der Waals surface area contributed by atoms with E-state index in [0.717, 1.165) is 61.0 Å². The van der Waals surface area contributed by atoms with Crippen LogP contribution in [0.15, 0.2) is 36.5 Å². The van der Waals surface area contributed by atoms with Crippen molar-refractivity contribution in [1.29, 1.82) is 0 Å². The number of aryl methyl sites for hydroxylation is 2. The number of halogens is 1. The van der Waals surface area contributed by atoms with Crippen molar-refractivity contribution in [3.05, 3.63) is 58.4 Å². The average Bonchev–Trinajstić information content (AvgIpc) is 2.71. The third kappa shape index (κ3) is 5.24. The van der Waals surface area contributed by atoms with E-state index in [0.29, 0.717) is 5.75 Å². The molecule has 0 unspecified atom stereocenters. The molecule has 1 aromatic carbocycles. The van der Waals surface area contributed by atoms with Crippen LogP contribution in [0.3, 0.4) is 0 Å². The molecule has 0 radical (unpaired) electrons. The lowest BCUT2D eigenvalue weighted by atomic mass is 10.1. The maximum absolute atomic E-state index is 12.8. The van der Waals surface area contributed by atoms with Crippen LogP contribution >= 0.6 is 11.6 Å². The molecule has 0 spiro atoms. The van der Waals surface area contributed by atoms with E-state index in [4.69, 9.17) is 16.3 Å². The zero-order chi connectivity index (χ0) is 20.1. The Balaban J connectivity index is 1.47. The van der Waals surface area contributed by atoms with Crippen LogP contribution < -0.4 is 4.74 Å². The van der Waals surface area contributed by atoms with E-state index in [1.807, 2.05) is 56.1 Å². The second-order valence-corrected chi connectivity index (χ2v) is 7.75. The molecule has 28 heavy (non-hydrogen) atoms. The molecule has 0 saturated carbocycles. The number of rotatable bonds is 6. The van der Waals surface area contributed by atoms with E-state index in [1.54, 1.807) is 0 Å². The van der Waals surface area contributed by atoms with Crippen molar-refractivity contribution in [2.24, 2.45) is 0 Å². The Morgan fingerprint density at radius 1 is 1.18 bits per heavy atom. The van der Waals surface area contributed by atoms with Crippen LogP contribution in [0.25, 0.3) is 0 Å². The first kappa shape index (κ1) is 20.6. The summed E-state index contributed by atoms with van der Waals surface area (Å²) in [7, 11) is 0. The number of ether oxygens (including phenoxy) is 1. The Morgan fingerprint density at radius 3 is 2.46 bits per heavy atom. The average molecular weight is 402 g/mol. The fourth-order valence-corrected chi connectivity index (χ4v) is 3.61. The molecule has 1 atom stereocenters. The summed E-state index contributed by atoms with van der Waals surface area (Å²) in [6.07, 6.45) is 2.25. The predicted molar refractivity (Wildman–Crippen MR) is 112 cm³/mol. The lowest BCUT2D eigenvalue weighted by Crippen LogP contribution is -2.52. The van der Waals surface area contributed by atoms with Crippen molar-refractivity contribution in [2.75, 3.05) is 32.7 Å². The summed E-state index contributed by atoms with van der Waals surface area (Å²) in [5.74, 6) is 0.726. The van der Waals surface area contributed by atoms with E-state index < -0.39 is 6.10 Å². The minimum atomic E-state index is -0.514. The zero-order valence-corrected chi connectivity index (χ0v) is 17.6. The Morgan fingerprint density at radius 2 is 1.86 bits per heavy atom. The van der Waals surface area contributed by atoms with Crippen LogP contribution in [0.5, 0.6) is 5.75 Å². The minimum absolute atomic E-state index is 0.0367. The molecular formula is C22H28ClN3O2. The highest BCUT2D eigenvalue weighted by Crippen LogP contribution is 2.26. The molecule has 2 aromatic rings. The number of amides is 1. The number of hydrogen-bond donors (Lipinski definition) is 0. The van der Waals surface area contributed by atoms with Gasteiger partial charge in [-0.2, -0.15) is 0 Å². The number of nitrogens with zero attached hydrogens (tertiary/aromatic N) is 3. The van der Waals surface area contributed by atoms with Gasteiger partial charge in [0.25, 0.3) is 5.91 Å². The summed E-state index contributed by atoms with van der Waals surface area (Å²) in [6.45, 7) is 9.89. The SMILES string of the molecule is Cc1cc(O[C@H](C)C(=O)N2CCN(CCc3ccccn3)CC2)cc(C)c1Cl. The zero-order valence-electron chi connectivity index (χ0n) is 16.8. The van der Waals surface area contributed by atoms with Gasteiger partial charge in [0, 0.05) is 56.1 Å². The second-order valence-electron chi connectivity index (χ2n) is 7.37. The number of carbonyl (C=O) groups excluding carboxylic acids is 1. The van der Waals surface area contributed by atoms with Crippen molar-refractivity contribution in [1.82, 2.24) is 14.8 Å². The van der Waals surface area contributed by atoms with Crippen LogP contribution in [0.4, 0.5) is 0 Å². The van der Waals surface area contributed by atoms with E-state index >= 15 is 0 Å². The van der Waals surface area contributed by atoms with Crippen molar-refractivity contribution in [3.8, 4) is 5.75 Å². The van der Waals surface area contributed by atoms with Gasteiger partial charge in [-0.1, -0.05) is 17.7 Å². The molecule has 6 heteroatoms. The van der Waals surface area contributed by atoms with Gasteiger partial charge < -0.3 is 9.64 Å². The van der Waals surface area contributed by atoms with Crippen LogP contribution in [-0.2, 0) is 11.2 Å². The standard InChI is InChI=1S/C22H28ClN3O2/c1-16-14-20(15-17(2)21(16)23)28-18(3)22(27)26-12-10-25(11-13-26)9-7-19-6-4-5-8-24-19/h4-6,8,14-15,18H,7,9-13H2,1-3H3/t18-/m1/s1. The normalized spacial score (nSPS) is 16.1. The number of aromatic nitrogens is 1. The number of hydrogen-bond acceptors (Lipinski definition) is 4. The summed E-state index contributed by atoms with van der Waals surface area (Å²) in [5.41, 5.74) is 3.02. The Bertz CT molecular complexity index is 782. The number of benzene rings is 1. The van der Waals surface area contributed by atoms with Gasteiger partial charge in [-0.3, -0.25) is 14.7 Å². The van der Waals surface area contributed by atoms with Crippen molar-refractivity contribution < 1.29 is 9.53 Å². The number of piperazine rings is 1. The molecular weight excluding hydrogens is 374 g/mol. The summed E-state index contributed by atoms with van der Waals surface area (Å²) < 4.78 is 5.91. The summed E-state index contributed by atoms with van der Waals surface area (Å²) >= 11 is 6.21. The van der Waals surface area contributed by atoms with E-state index in [9.17, 15) is 4.79 Å². The highest BCUT2D eigenvalue weighted by molar-refractivity contribution is 6.32. The van der Waals surface area contributed by atoms with E-state index in [2.05, 4.69) is 16.0 Å². The fraction of sp³-hybridized carbons (Fsp3) is 0.455. The van der Waals surface area contributed by atoms with Gasteiger partial charge >= 0.3 is 0 Å². The van der Waals surface area contributed by atoms with Gasteiger partial charge in [0.15, 0.2) is 6.10 Å². The molecule has 0 aliphatic carbocycles. The molecule has 1 amide bonds. The minimum Gasteiger partial charge on any atom is -0.481 e. The van der Waals surface area contributed by atoms with Gasteiger partial charge in [-0.25, -0.2) is 0 Å². The first-order valence-electron chi connectivity index (χ1n) is 9.78. The van der Waals surface area contributed by atoms with Gasteiger partial charge in [0.2, 0.25) is 0 Å². The van der Waals surface area contributed by atoms with Crippen LogP contribution in [0, 0.1) is 13.8 Å². The summed E-state index contributed by atoms with van der Waals surface area (Å²) in [4.78, 5) is 21.4. The van der Waals surface area contributed by atoms with Gasteiger partial charge in [0.05, 0.1) is 0 Å². The first-order chi connectivity index (χ1) is 13.4. The third-order valence-corrected chi connectivity index (χ3v) is 5.76. The molecule has 2 heterocycles.